The molecule has 0 aliphatic carbocycles. The van der Waals surface area contributed by atoms with E-state index in [1.54, 1.807) is 6.07 Å². The highest BCUT2D eigenvalue weighted by atomic mass is 35.5. The highest BCUT2D eigenvalue weighted by molar-refractivity contribution is 6.34. The number of likely N-dealkylation sites (tertiary alicyclic amines) is 1. The summed E-state index contributed by atoms with van der Waals surface area (Å²) in [6.07, 6.45) is 2.25. The minimum absolute atomic E-state index is 0.517. The fourth-order valence-corrected chi connectivity index (χ4v) is 4.30. The van der Waals surface area contributed by atoms with Gasteiger partial charge in [0.15, 0.2) is 0 Å². The van der Waals surface area contributed by atoms with Crippen LogP contribution in [0.2, 0.25) is 10.0 Å². The summed E-state index contributed by atoms with van der Waals surface area (Å²) in [5.74, 6) is 2.77. The molecule has 7 heteroatoms. The standard InChI is InChI=1S/C17H21Cl2N5/c18-14-7-12(8-15(19)9-14)11-23-4-1-13(2-5-23)17-22-21-16-10-20-3-6-24(16)17/h7-9,13,20H,1-6,10-11H2. The Morgan fingerprint density at radius 1 is 1.04 bits per heavy atom. The summed E-state index contributed by atoms with van der Waals surface area (Å²) in [5, 5.41) is 13.6. The maximum atomic E-state index is 6.10. The van der Waals surface area contributed by atoms with Crippen LogP contribution >= 0.6 is 23.2 Å². The van der Waals surface area contributed by atoms with Crippen LogP contribution in [0.15, 0.2) is 18.2 Å². The molecule has 2 aliphatic rings. The fraction of sp³-hybridized carbons (Fsp3) is 0.529. The van der Waals surface area contributed by atoms with Crippen molar-refractivity contribution >= 4 is 23.2 Å². The van der Waals surface area contributed by atoms with Gasteiger partial charge in [0.2, 0.25) is 0 Å². The smallest absolute Gasteiger partial charge is 0.147 e. The summed E-state index contributed by atoms with van der Waals surface area (Å²) in [6.45, 7) is 5.85. The predicted octanol–water partition coefficient (Wildman–Crippen LogP) is 3.07. The Kier molecular flexibility index (Phi) is 4.77. The lowest BCUT2D eigenvalue weighted by Gasteiger charge is -2.32. The molecule has 0 unspecified atom stereocenters. The summed E-state index contributed by atoms with van der Waals surface area (Å²) in [6, 6.07) is 5.78. The first-order valence-corrected chi connectivity index (χ1v) is 9.24. The molecule has 0 atom stereocenters. The van der Waals surface area contributed by atoms with Gasteiger partial charge in [-0.2, -0.15) is 0 Å². The van der Waals surface area contributed by atoms with Crippen LogP contribution in [-0.4, -0.2) is 39.3 Å². The Morgan fingerprint density at radius 3 is 2.54 bits per heavy atom. The van der Waals surface area contributed by atoms with Crippen LogP contribution in [-0.2, 0) is 19.6 Å². The summed E-state index contributed by atoms with van der Waals surface area (Å²) in [5.41, 5.74) is 1.18. The van der Waals surface area contributed by atoms with Crippen LogP contribution < -0.4 is 5.32 Å². The summed E-state index contributed by atoms with van der Waals surface area (Å²) >= 11 is 12.2. The number of rotatable bonds is 3. The Labute approximate surface area is 152 Å². The molecule has 4 rings (SSSR count). The molecule has 1 aromatic heterocycles. The van der Waals surface area contributed by atoms with Crippen molar-refractivity contribution in [2.45, 2.75) is 38.4 Å². The van der Waals surface area contributed by atoms with E-state index in [4.69, 9.17) is 23.2 Å². The maximum Gasteiger partial charge on any atom is 0.147 e. The van der Waals surface area contributed by atoms with Crippen LogP contribution in [0.3, 0.4) is 0 Å². The second-order valence-electron chi connectivity index (χ2n) is 6.63. The largest absolute Gasteiger partial charge is 0.312 e. The SMILES string of the molecule is Clc1cc(Cl)cc(CN2CCC(c3nnc4n3CCNC4)CC2)c1. The average Bonchev–Trinajstić information content (AvgIpc) is 2.99. The van der Waals surface area contributed by atoms with E-state index in [2.05, 4.69) is 25.0 Å². The monoisotopic (exact) mass is 365 g/mol. The fourth-order valence-electron chi connectivity index (χ4n) is 3.73. The Bertz CT molecular complexity index is 702. The maximum absolute atomic E-state index is 6.10. The van der Waals surface area contributed by atoms with E-state index < -0.39 is 0 Å². The van der Waals surface area contributed by atoms with E-state index >= 15 is 0 Å². The van der Waals surface area contributed by atoms with E-state index in [-0.39, 0.29) is 0 Å². The summed E-state index contributed by atoms with van der Waals surface area (Å²) in [7, 11) is 0. The van der Waals surface area contributed by atoms with Gasteiger partial charge < -0.3 is 9.88 Å². The normalized spacial score (nSPS) is 19.4. The zero-order chi connectivity index (χ0) is 16.5. The van der Waals surface area contributed by atoms with Gasteiger partial charge >= 0.3 is 0 Å². The minimum atomic E-state index is 0.517. The van der Waals surface area contributed by atoms with Crippen LogP contribution in [0.1, 0.15) is 36.0 Å². The van der Waals surface area contributed by atoms with Crippen molar-refractivity contribution in [3.05, 3.63) is 45.5 Å². The third-order valence-corrected chi connectivity index (χ3v) is 5.37. The van der Waals surface area contributed by atoms with Gasteiger partial charge in [-0.15, -0.1) is 10.2 Å². The van der Waals surface area contributed by atoms with E-state index in [0.29, 0.717) is 16.0 Å². The van der Waals surface area contributed by atoms with Gasteiger partial charge in [0.1, 0.15) is 11.6 Å². The molecule has 5 nitrogen and oxygen atoms in total. The van der Waals surface area contributed by atoms with Gasteiger partial charge in [-0.1, -0.05) is 23.2 Å². The molecule has 2 aromatic rings. The average molecular weight is 366 g/mol. The highest BCUT2D eigenvalue weighted by Gasteiger charge is 2.27. The number of fused-ring (bicyclic) bond motifs is 1. The third kappa shape index (κ3) is 3.45. The van der Waals surface area contributed by atoms with Crippen molar-refractivity contribution < 1.29 is 0 Å². The van der Waals surface area contributed by atoms with Crippen molar-refractivity contribution in [3.63, 3.8) is 0 Å². The first-order valence-electron chi connectivity index (χ1n) is 8.49. The highest BCUT2D eigenvalue weighted by Crippen LogP contribution is 2.29. The molecule has 3 heterocycles. The predicted molar refractivity (Wildman–Crippen MR) is 95.4 cm³/mol. The number of halogens is 2. The van der Waals surface area contributed by atoms with Crippen LogP contribution in [0.4, 0.5) is 0 Å². The third-order valence-electron chi connectivity index (χ3n) is 4.93. The second-order valence-corrected chi connectivity index (χ2v) is 7.50. The van der Waals surface area contributed by atoms with Crippen molar-refractivity contribution in [3.8, 4) is 0 Å². The van der Waals surface area contributed by atoms with Gasteiger partial charge in [0, 0.05) is 35.6 Å². The topological polar surface area (TPSA) is 46.0 Å². The zero-order valence-electron chi connectivity index (χ0n) is 13.5. The van der Waals surface area contributed by atoms with Gasteiger partial charge in [0.25, 0.3) is 0 Å². The summed E-state index contributed by atoms with van der Waals surface area (Å²) < 4.78 is 2.31. The molecule has 24 heavy (non-hydrogen) atoms. The molecule has 0 amide bonds. The Morgan fingerprint density at radius 2 is 1.79 bits per heavy atom. The molecular weight excluding hydrogens is 345 g/mol. The van der Waals surface area contributed by atoms with E-state index in [9.17, 15) is 0 Å². The molecule has 1 N–H and O–H groups in total. The lowest BCUT2D eigenvalue weighted by Crippen LogP contribution is -2.34. The number of aromatic nitrogens is 3. The number of hydrogen-bond donors (Lipinski definition) is 1. The quantitative estimate of drug-likeness (QED) is 0.907. The molecule has 1 aromatic carbocycles. The van der Waals surface area contributed by atoms with Gasteiger partial charge in [0.05, 0.1) is 6.54 Å². The van der Waals surface area contributed by atoms with Crippen molar-refractivity contribution in [2.24, 2.45) is 0 Å². The van der Waals surface area contributed by atoms with Gasteiger partial charge in [-0.05, 0) is 49.7 Å². The van der Waals surface area contributed by atoms with Gasteiger partial charge in [-0.25, -0.2) is 0 Å². The molecule has 0 spiro atoms. The summed E-state index contributed by atoms with van der Waals surface area (Å²) in [4.78, 5) is 2.47. The van der Waals surface area contributed by atoms with Crippen LogP contribution in [0.5, 0.6) is 0 Å². The lowest BCUT2D eigenvalue weighted by atomic mass is 9.95. The lowest BCUT2D eigenvalue weighted by molar-refractivity contribution is 0.199. The number of nitrogens with one attached hydrogen (secondary N) is 1. The number of hydrogen-bond acceptors (Lipinski definition) is 4. The first-order chi connectivity index (χ1) is 11.7. The number of nitrogens with zero attached hydrogens (tertiary/aromatic N) is 4. The molecule has 1 fully saturated rings. The molecule has 0 radical (unpaired) electrons. The number of piperidine rings is 1. The van der Waals surface area contributed by atoms with E-state index in [1.807, 2.05) is 12.1 Å². The molecule has 0 saturated carbocycles. The number of benzene rings is 1. The zero-order valence-corrected chi connectivity index (χ0v) is 15.0. The van der Waals surface area contributed by atoms with E-state index in [1.165, 1.54) is 11.4 Å². The molecular formula is C17H21Cl2N5. The molecule has 1 saturated heterocycles. The molecule has 128 valence electrons. The Hall–Kier alpha value is -1.14. The minimum Gasteiger partial charge on any atom is -0.312 e. The first kappa shape index (κ1) is 16.3. The van der Waals surface area contributed by atoms with Gasteiger partial charge in [-0.3, -0.25) is 4.90 Å². The Balaban J connectivity index is 1.39. The van der Waals surface area contributed by atoms with Crippen LogP contribution in [0.25, 0.3) is 0 Å². The van der Waals surface area contributed by atoms with Crippen molar-refractivity contribution in [1.82, 2.24) is 25.0 Å². The molecule has 0 bridgehead atoms. The molecule has 2 aliphatic heterocycles. The second kappa shape index (κ2) is 7.00. The van der Waals surface area contributed by atoms with E-state index in [0.717, 1.165) is 57.9 Å². The van der Waals surface area contributed by atoms with Crippen molar-refractivity contribution in [2.75, 3.05) is 19.6 Å². The van der Waals surface area contributed by atoms with Crippen LogP contribution in [0, 0.1) is 0 Å². The van der Waals surface area contributed by atoms with Crippen molar-refractivity contribution in [1.29, 1.82) is 0 Å².